The summed E-state index contributed by atoms with van der Waals surface area (Å²) in [6.45, 7) is 0. The van der Waals surface area contributed by atoms with E-state index in [2.05, 4.69) is 25.3 Å². The first-order valence-corrected chi connectivity index (χ1v) is 2.95. The third kappa shape index (κ3) is 2.97. The molecule has 0 aromatic heterocycles. The highest BCUT2D eigenvalue weighted by molar-refractivity contribution is 7.84. The molecule has 0 fully saturated rings. The van der Waals surface area contributed by atoms with Crippen LogP contribution in [0.15, 0.2) is 0 Å². The van der Waals surface area contributed by atoms with Crippen LogP contribution >= 0.6 is 25.3 Å². The normalized spacial score (nSPS) is 14.3. The van der Waals surface area contributed by atoms with E-state index in [-0.39, 0.29) is 5.25 Å². The van der Waals surface area contributed by atoms with Gasteiger partial charge in [0, 0.05) is 11.0 Å². The quantitative estimate of drug-likeness (QED) is 0.389. The summed E-state index contributed by atoms with van der Waals surface area (Å²) in [4.78, 5) is 0. The fraction of sp³-hybridized carbons (Fsp3) is 1.00. The molecule has 34 valence electrons. The fourth-order valence-corrected chi connectivity index (χ4v) is 0.224. The Morgan fingerprint density at radius 1 is 1.67 bits per heavy atom. The van der Waals surface area contributed by atoms with Gasteiger partial charge in [-0.15, -0.1) is 0 Å². The molecule has 0 nitrogen and oxygen atoms in total. The lowest BCUT2D eigenvalue weighted by Crippen LogP contribution is -1.96. The van der Waals surface area contributed by atoms with Crippen LogP contribution in [0.5, 0.6) is 0 Å². The van der Waals surface area contributed by atoms with E-state index < -0.39 is 0 Å². The van der Waals surface area contributed by atoms with Crippen molar-refractivity contribution in [2.75, 3.05) is 5.75 Å². The van der Waals surface area contributed by atoms with Crippen molar-refractivity contribution in [3.8, 4) is 0 Å². The molecule has 3 heteroatoms. The SMILES string of the molecule is [B]CC(S)CS. The van der Waals surface area contributed by atoms with Gasteiger partial charge in [0.05, 0.1) is 7.85 Å². The van der Waals surface area contributed by atoms with Gasteiger partial charge in [0.15, 0.2) is 0 Å². The van der Waals surface area contributed by atoms with Gasteiger partial charge in [-0.2, -0.15) is 25.3 Å². The Kier molecular flexibility index (Phi) is 4.44. The minimum atomic E-state index is 0.272. The fourth-order valence-electron chi connectivity index (χ4n) is 0.0745. The average Bonchev–Trinajstić information content (AvgIpc) is 1.65. The van der Waals surface area contributed by atoms with Gasteiger partial charge in [-0.05, 0) is 0 Å². The molecule has 6 heavy (non-hydrogen) atoms. The number of hydrogen-bond acceptors (Lipinski definition) is 2. The Morgan fingerprint density at radius 3 is 2.17 bits per heavy atom. The molecule has 1 unspecified atom stereocenters. The molecule has 0 rings (SSSR count). The predicted molar refractivity (Wildman–Crippen MR) is 37.2 cm³/mol. The van der Waals surface area contributed by atoms with Crippen molar-refractivity contribution in [1.29, 1.82) is 0 Å². The molecule has 0 heterocycles. The van der Waals surface area contributed by atoms with E-state index in [1.807, 2.05) is 0 Å². The van der Waals surface area contributed by atoms with E-state index in [1.165, 1.54) is 0 Å². The Hall–Kier alpha value is 0.765. The van der Waals surface area contributed by atoms with Crippen LogP contribution in [0.25, 0.3) is 0 Å². The molecule has 0 aromatic rings. The topological polar surface area (TPSA) is 0 Å². The minimum absolute atomic E-state index is 0.272. The molecule has 0 aliphatic rings. The summed E-state index contributed by atoms with van der Waals surface area (Å²) in [6.07, 6.45) is 0.618. The van der Waals surface area contributed by atoms with Crippen molar-refractivity contribution in [3.63, 3.8) is 0 Å². The highest BCUT2D eigenvalue weighted by Gasteiger charge is 1.90. The van der Waals surface area contributed by atoms with Crippen molar-refractivity contribution < 1.29 is 0 Å². The van der Waals surface area contributed by atoms with Gasteiger partial charge in [-0.3, -0.25) is 0 Å². The maximum Gasteiger partial charge on any atom is 0.0668 e. The minimum Gasteiger partial charge on any atom is -0.178 e. The molecule has 1 atom stereocenters. The maximum atomic E-state index is 5.16. The van der Waals surface area contributed by atoms with Crippen LogP contribution in [0.4, 0.5) is 0 Å². The first-order valence-electron chi connectivity index (χ1n) is 1.80. The summed E-state index contributed by atoms with van der Waals surface area (Å²) in [5.41, 5.74) is 0. The van der Waals surface area contributed by atoms with E-state index >= 15 is 0 Å². The standard InChI is InChI=1S/C3H7BS2/c4-1-3(6)2-5/h3,5-6H,1-2H2. The molecule has 0 aliphatic carbocycles. The highest BCUT2D eigenvalue weighted by Crippen LogP contribution is 1.99. The molecule has 0 amide bonds. The van der Waals surface area contributed by atoms with Crippen LogP contribution in [0.3, 0.4) is 0 Å². The number of hydrogen-bond donors (Lipinski definition) is 2. The number of rotatable bonds is 2. The molecule has 0 saturated carbocycles. The van der Waals surface area contributed by atoms with Crippen LogP contribution in [-0.4, -0.2) is 18.8 Å². The van der Waals surface area contributed by atoms with Crippen molar-refractivity contribution in [1.82, 2.24) is 0 Å². The summed E-state index contributed by atoms with van der Waals surface area (Å²) >= 11 is 7.97. The van der Waals surface area contributed by atoms with Crippen LogP contribution in [0.1, 0.15) is 0 Å². The van der Waals surface area contributed by atoms with Crippen molar-refractivity contribution >= 4 is 33.1 Å². The number of thiol groups is 2. The summed E-state index contributed by atoms with van der Waals surface area (Å²) in [5, 5.41) is 0.272. The first kappa shape index (κ1) is 6.76. The molecule has 0 aromatic carbocycles. The van der Waals surface area contributed by atoms with Crippen LogP contribution in [0.2, 0.25) is 6.32 Å². The first-order chi connectivity index (χ1) is 2.81. The predicted octanol–water partition coefficient (Wildman–Crippen LogP) is 0.801. The van der Waals surface area contributed by atoms with E-state index in [1.54, 1.807) is 0 Å². The van der Waals surface area contributed by atoms with Crippen LogP contribution < -0.4 is 0 Å². The second-order valence-electron chi connectivity index (χ2n) is 1.07. The molecule has 0 saturated heterocycles. The smallest absolute Gasteiger partial charge is 0.0668 e. The van der Waals surface area contributed by atoms with E-state index in [4.69, 9.17) is 7.85 Å². The van der Waals surface area contributed by atoms with Gasteiger partial charge in [-0.25, -0.2) is 0 Å². The van der Waals surface area contributed by atoms with Gasteiger partial charge in [-0.1, -0.05) is 6.32 Å². The van der Waals surface area contributed by atoms with E-state index in [0.29, 0.717) is 6.32 Å². The summed E-state index contributed by atoms with van der Waals surface area (Å²) in [5.74, 6) is 0.764. The third-order valence-corrected chi connectivity index (χ3v) is 1.61. The molecule has 0 N–H and O–H groups in total. The van der Waals surface area contributed by atoms with Crippen LogP contribution in [-0.2, 0) is 0 Å². The second kappa shape index (κ2) is 3.94. The maximum absolute atomic E-state index is 5.16. The second-order valence-corrected chi connectivity index (χ2v) is 2.17. The zero-order valence-corrected chi connectivity index (χ0v) is 5.25. The third-order valence-electron chi connectivity index (χ3n) is 0.483. The van der Waals surface area contributed by atoms with Gasteiger partial charge in [0.25, 0.3) is 0 Å². The Morgan fingerprint density at radius 2 is 2.17 bits per heavy atom. The van der Waals surface area contributed by atoms with Gasteiger partial charge in [0.2, 0.25) is 0 Å². The molecule has 0 aliphatic heterocycles. The highest BCUT2D eigenvalue weighted by atomic mass is 32.1. The van der Waals surface area contributed by atoms with Crippen molar-refractivity contribution in [3.05, 3.63) is 0 Å². The molecule has 0 spiro atoms. The van der Waals surface area contributed by atoms with Crippen molar-refractivity contribution in [2.24, 2.45) is 0 Å². The average molecular weight is 118 g/mol. The Balaban J connectivity index is 2.75. The molecule has 2 radical (unpaired) electrons. The zero-order valence-electron chi connectivity index (χ0n) is 3.46. The Bertz CT molecular complexity index is 28.0. The van der Waals surface area contributed by atoms with E-state index in [0.717, 1.165) is 5.75 Å². The largest absolute Gasteiger partial charge is 0.178 e. The lowest BCUT2D eigenvalue weighted by Gasteiger charge is -1.97. The van der Waals surface area contributed by atoms with Crippen LogP contribution in [0, 0.1) is 0 Å². The summed E-state index contributed by atoms with van der Waals surface area (Å²) in [6, 6.07) is 0. The molecular weight excluding hydrogens is 111 g/mol. The molecular formula is C3H7BS2. The lowest BCUT2D eigenvalue weighted by molar-refractivity contribution is 1.14. The van der Waals surface area contributed by atoms with Gasteiger partial charge in [0.1, 0.15) is 0 Å². The zero-order chi connectivity index (χ0) is 4.99. The van der Waals surface area contributed by atoms with E-state index in [9.17, 15) is 0 Å². The monoisotopic (exact) mass is 118 g/mol. The molecule has 0 bridgehead atoms. The summed E-state index contributed by atoms with van der Waals surface area (Å²) in [7, 11) is 5.16. The summed E-state index contributed by atoms with van der Waals surface area (Å²) < 4.78 is 0. The Labute approximate surface area is 50.9 Å². The van der Waals surface area contributed by atoms with Crippen molar-refractivity contribution in [2.45, 2.75) is 11.6 Å². The lowest BCUT2D eigenvalue weighted by atomic mass is 10.0. The van der Waals surface area contributed by atoms with Gasteiger partial charge >= 0.3 is 0 Å². The van der Waals surface area contributed by atoms with Gasteiger partial charge < -0.3 is 0 Å².